The molecule has 0 saturated carbocycles. The summed E-state index contributed by atoms with van der Waals surface area (Å²) >= 11 is 0. The van der Waals surface area contributed by atoms with E-state index in [2.05, 4.69) is 12.2 Å². The number of benzene rings is 2. The quantitative estimate of drug-likeness (QED) is 0.659. The third-order valence-corrected chi connectivity index (χ3v) is 3.11. The summed E-state index contributed by atoms with van der Waals surface area (Å²) in [5.74, 6) is 0. The molecule has 5 nitrogen and oxygen atoms in total. The molecule has 2 rings (SSSR count). The molecule has 106 valence electrons. The van der Waals surface area contributed by atoms with Crippen molar-refractivity contribution in [3.05, 3.63) is 63.7 Å². The van der Waals surface area contributed by atoms with Crippen LogP contribution in [0.4, 0.5) is 17.1 Å². The van der Waals surface area contributed by atoms with Crippen molar-refractivity contribution in [2.45, 2.75) is 19.8 Å². The van der Waals surface area contributed by atoms with E-state index in [0.717, 1.165) is 18.5 Å². The molecule has 0 unspecified atom stereocenters. The van der Waals surface area contributed by atoms with Crippen molar-refractivity contribution >= 4 is 17.1 Å². The molecular weight excluding hydrogens is 266 g/mol. The number of aryl methyl sites for hydroxylation is 1. The van der Waals surface area contributed by atoms with Gasteiger partial charge < -0.3 is 5.32 Å². The van der Waals surface area contributed by atoms with Crippen molar-refractivity contribution in [3.8, 4) is 6.07 Å². The van der Waals surface area contributed by atoms with Crippen LogP contribution >= 0.6 is 0 Å². The zero-order valence-electron chi connectivity index (χ0n) is 11.7. The van der Waals surface area contributed by atoms with Gasteiger partial charge >= 0.3 is 0 Å². The van der Waals surface area contributed by atoms with E-state index in [9.17, 15) is 10.1 Å². The van der Waals surface area contributed by atoms with E-state index in [1.807, 2.05) is 30.3 Å². The minimum absolute atomic E-state index is 0.0876. The lowest BCUT2D eigenvalue weighted by molar-refractivity contribution is -0.384. The molecule has 2 aromatic rings. The molecule has 0 saturated heterocycles. The number of nitriles is 1. The zero-order valence-corrected chi connectivity index (χ0v) is 11.7. The maximum Gasteiger partial charge on any atom is 0.270 e. The average molecular weight is 281 g/mol. The summed E-state index contributed by atoms with van der Waals surface area (Å²) in [6.45, 7) is 2.13. The maximum absolute atomic E-state index is 10.7. The molecule has 0 fully saturated rings. The minimum atomic E-state index is -0.510. The predicted molar refractivity (Wildman–Crippen MR) is 81.5 cm³/mol. The Kier molecular flexibility index (Phi) is 4.52. The third kappa shape index (κ3) is 3.57. The molecule has 0 bridgehead atoms. The molecule has 0 spiro atoms. The molecule has 0 atom stereocenters. The molecule has 5 heteroatoms. The standard InChI is InChI=1S/C16H15N3O2/c1-2-3-12-4-6-14(7-5-12)18-16-9-8-15(19(20)21)10-13(16)11-17/h4-10,18H,2-3H2,1H3. The van der Waals surface area contributed by atoms with Gasteiger partial charge in [0.2, 0.25) is 0 Å². The van der Waals surface area contributed by atoms with Crippen LogP contribution in [0.25, 0.3) is 0 Å². The van der Waals surface area contributed by atoms with Crippen LogP contribution in [0, 0.1) is 21.4 Å². The second-order valence-electron chi connectivity index (χ2n) is 4.67. The van der Waals surface area contributed by atoms with Crippen LogP contribution in [0.2, 0.25) is 0 Å². The summed E-state index contributed by atoms with van der Waals surface area (Å²) in [6, 6.07) is 14.1. The van der Waals surface area contributed by atoms with E-state index in [-0.39, 0.29) is 11.3 Å². The number of nitrogens with zero attached hydrogens (tertiary/aromatic N) is 2. The number of hydrogen-bond donors (Lipinski definition) is 1. The number of nitrogens with one attached hydrogen (secondary N) is 1. The van der Waals surface area contributed by atoms with E-state index in [0.29, 0.717) is 5.69 Å². The Balaban J connectivity index is 2.23. The Morgan fingerprint density at radius 1 is 1.24 bits per heavy atom. The number of hydrogen-bond acceptors (Lipinski definition) is 4. The van der Waals surface area contributed by atoms with E-state index in [4.69, 9.17) is 5.26 Å². The van der Waals surface area contributed by atoms with Crippen molar-refractivity contribution in [1.29, 1.82) is 5.26 Å². The van der Waals surface area contributed by atoms with Crippen LogP contribution in [0.5, 0.6) is 0 Å². The van der Waals surface area contributed by atoms with Gasteiger partial charge in [0.1, 0.15) is 6.07 Å². The highest BCUT2D eigenvalue weighted by Gasteiger charge is 2.10. The van der Waals surface area contributed by atoms with Crippen LogP contribution < -0.4 is 5.32 Å². The SMILES string of the molecule is CCCc1ccc(Nc2ccc([N+](=O)[O-])cc2C#N)cc1. The summed E-state index contributed by atoms with van der Waals surface area (Å²) in [5.41, 5.74) is 2.83. The van der Waals surface area contributed by atoms with Gasteiger partial charge in [-0.1, -0.05) is 25.5 Å². The first kappa shape index (κ1) is 14.5. The fraction of sp³-hybridized carbons (Fsp3) is 0.188. The molecule has 0 aromatic heterocycles. The summed E-state index contributed by atoms with van der Waals surface area (Å²) in [6.07, 6.45) is 2.12. The minimum Gasteiger partial charge on any atom is -0.354 e. The van der Waals surface area contributed by atoms with Gasteiger partial charge in [0.25, 0.3) is 5.69 Å². The van der Waals surface area contributed by atoms with Crippen LogP contribution in [0.1, 0.15) is 24.5 Å². The Labute approximate surface area is 123 Å². The fourth-order valence-corrected chi connectivity index (χ4v) is 2.05. The smallest absolute Gasteiger partial charge is 0.270 e. The van der Waals surface area contributed by atoms with Gasteiger partial charge in [-0.25, -0.2) is 0 Å². The zero-order chi connectivity index (χ0) is 15.2. The normalized spacial score (nSPS) is 9.90. The molecule has 21 heavy (non-hydrogen) atoms. The number of non-ortho nitro benzene ring substituents is 1. The summed E-state index contributed by atoms with van der Waals surface area (Å²) in [4.78, 5) is 10.2. The first-order valence-corrected chi connectivity index (χ1v) is 6.68. The van der Waals surface area contributed by atoms with Crippen LogP contribution in [-0.2, 0) is 6.42 Å². The Bertz CT molecular complexity index is 688. The second-order valence-corrected chi connectivity index (χ2v) is 4.67. The molecule has 0 heterocycles. The molecule has 2 aromatic carbocycles. The molecule has 0 radical (unpaired) electrons. The fourth-order valence-electron chi connectivity index (χ4n) is 2.05. The van der Waals surface area contributed by atoms with Crippen LogP contribution in [0.3, 0.4) is 0 Å². The first-order chi connectivity index (χ1) is 10.1. The van der Waals surface area contributed by atoms with E-state index in [1.165, 1.54) is 17.7 Å². The van der Waals surface area contributed by atoms with Crippen molar-refractivity contribution in [3.63, 3.8) is 0 Å². The topological polar surface area (TPSA) is 79.0 Å². The average Bonchev–Trinajstić information content (AvgIpc) is 2.49. The van der Waals surface area contributed by atoms with Gasteiger partial charge in [-0.15, -0.1) is 0 Å². The number of nitro groups is 1. The third-order valence-electron chi connectivity index (χ3n) is 3.11. The molecule has 0 aliphatic carbocycles. The highest BCUT2D eigenvalue weighted by Crippen LogP contribution is 2.25. The van der Waals surface area contributed by atoms with Gasteiger partial charge in [-0.2, -0.15) is 5.26 Å². The highest BCUT2D eigenvalue weighted by atomic mass is 16.6. The van der Waals surface area contributed by atoms with E-state index >= 15 is 0 Å². The van der Waals surface area contributed by atoms with Crippen molar-refractivity contribution in [2.75, 3.05) is 5.32 Å². The first-order valence-electron chi connectivity index (χ1n) is 6.68. The van der Waals surface area contributed by atoms with E-state index < -0.39 is 4.92 Å². The van der Waals surface area contributed by atoms with Crippen molar-refractivity contribution in [1.82, 2.24) is 0 Å². The lowest BCUT2D eigenvalue weighted by atomic mass is 10.1. The lowest BCUT2D eigenvalue weighted by Crippen LogP contribution is -1.96. The van der Waals surface area contributed by atoms with Crippen LogP contribution in [-0.4, -0.2) is 4.92 Å². The summed E-state index contributed by atoms with van der Waals surface area (Å²) in [7, 11) is 0. The van der Waals surface area contributed by atoms with Gasteiger partial charge in [-0.3, -0.25) is 10.1 Å². The molecule has 0 amide bonds. The number of anilines is 2. The second kappa shape index (κ2) is 6.53. The predicted octanol–water partition coefficient (Wildman–Crippen LogP) is 4.16. The monoisotopic (exact) mass is 281 g/mol. The van der Waals surface area contributed by atoms with Crippen molar-refractivity contribution < 1.29 is 4.92 Å². The van der Waals surface area contributed by atoms with Crippen LogP contribution in [0.15, 0.2) is 42.5 Å². The van der Waals surface area contributed by atoms with Crippen molar-refractivity contribution in [2.24, 2.45) is 0 Å². The van der Waals surface area contributed by atoms with E-state index in [1.54, 1.807) is 6.07 Å². The molecule has 0 aliphatic rings. The summed E-state index contributed by atoms with van der Waals surface area (Å²) in [5, 5.41) is 22.9. The van der Waals surface area contributed by atoms with Gasteiger partial charge in [0, 0.05) is 17.8 Å². The maximum atomic E-state index is 10.7. The number of rotatable bonds is 5. The lowest BCUT2D eigenvalue weighted by Gasteiger charge is -2.09. The largest absolute Gasteiger partial charge is 0.354 e. The molecular formula is C16H15N3O2. The summed E-state index contributed by atoms with van der Waals surface area (Å²) < 4.78 is 0. The van der Waals surface area contributed by atoms with Gasteiger partial charge in [0.15, 0.2) is 0 Å². The van der Waals surface area contributed by atoms with Gasteiger partial charge in [-0.05, 0) is 30.2 Å². The highest BCUT2D eigenvalue weighted by molar-refractivity contribution is 5.68. The molecule has 0 aliphatic heterocycles. The Morgan fingerprint density at radius 2 is 1.95 bits per heavy atom. The number of nitro benzene ring substituents is 1. The Morgan fingerprint density at radius 3 is 2.52 bits per heavy atom. The molecule has 1 N–H and O–H groups in total. The Hall–Kier alpha value is -2.87. The van der Waals surface area contributed by atoms with Gasteiger partial charge in [0.05, 0.1) is 16.2 Å².